The molecule has 3 N–H and O–H groups in total. The molecule has 1 aliphatic rings. The van der Waals surface area contributed by atoms with Crippen LogP contribution in [0.1, 0.15) is 25.2 Å². The smallest absolute Gasteiger partial charge is 0.239 e. The lowest BCUT2D eigenvalue weighted by atomic mass is 9.91. The molecule has 1 aliphatic heterocycles. The van der Waals surface area contributed by atoms with Crippen molar-refractivity contribution in [2.24, 2.45) is 9.98 Å². The third-order valence-corrected chi connectivity index (χ3v) is 5.74. The first-order valence-electron chi connectivity index (χ1n) is 11.3. The zero-order valence-corrected chi connectivity index (χ0v) is 21.5. The van der Waals surface area contributed by atoms with E-state index >= 15 is 0 Å². The topological polar surface area (TPSA) is 108 Å². The summed E-state index contributed by atoms with van der Waals surface area (Å²) in [7, 11) is 9.29. The number of aryl methyl sites for hydroxylation is 1. The van der Waals surface area contributed by atoms with E-state index in [1.807, 2.05) is 39.0 Å². The maximum Gasteiger partial charge on any atom is 0.239 e. The summed E-state index contributed by atoms with van der Waals surface area (Å²) in [5.41, 5.74) is 10.6. The van der Waals surface area contributed by atoms with Gasteiger partial charge in [0.05, 0.1) is 30.5 Å². The highest BCUT2D eigenvalue weighted by Gasteiger charge is 2.36. The Balaban J connectivity index is 1.80. The van der Waals surface area contributed by atoms with Crippen molar-refractivity contribution < 1.29 is 4.74 Å². The minimum Gasteiger partial charge on any atom is -0.479 e. The van der Waals surface area contributed by atoms with Crippen molar-refractivity contribution in [2.45, 2.75) is 26.2 Å². The predicted octanol–water partition coefficient (Wildman–Crippen LogP) is 2.60. The first-order chi connectivity index (χ1) is 16.1. The number of fused-ring (bicyclic) bond motifs is 1. The molecule has 0 unspecified atom stereocenters. The summed E-state index contributed by atoms with van der Waals surface area (Å²) in [6, 6.07) is 5.91. The molecule has 3 rings (SSSR count). The van der Waals surface area contributed by atoms with Gasteiger partial charge < -0.3 is 30.5 Å². The van der Waals surface area contributed by atoms with Gasteiger partial charge in [-0.15, -0.1) is 0 Å². The number of pyridine rings is 2. The van der Waals surface area contributed by atoms with E-state index in [1.165, 1.54) is 0 Å². The zero-order valence-electron chi connectivity index (χ0n) is 21.5. The summed E-state index contributed by atoms with van der Waals surface area (Å²) < 4.78 is 5.53. The van der Waals surface area contributed by atoms with E-state index in [4.69, 9.17) is 15.5 Å². The van der Waals surface area contributed by atoms with Gasteiger partial charge in [0.1, 0.15) is 5.69 Å². The van der Waals surface area contributed by atoms with Crippen molar-refractivity contribution >= 4 is 35.2 Å². The lowest BCUT2D eigenvalue weighted by Gasteiger charge is -2.23. The summed E-state index contributed by atoms with van der Waals surface area (Å²) in [5, 5.41) is 3.20. The molecule has 3 heterocycles. The quantitative estimate of drug-likeness (QED) is 0.473. The van der Waals surface area contributed by atoms with Gasteiger partial charge in [-0.25, -0.2) is 4.99 Å². The third kappa shape index (κ3) is 5.56. The summed E-state index contributed by atoms with van der Waals surface area (Å²) >= 11 is 0. The number of guanidine groups is 1. The average Bonchev–Trinajstić information content (AvgIpc) is 3.04. The number of hydrogen-bond donors (Lipinski definition) is 2. The standard InChI is InChI=1S/C24H37N9O/c1-16-9-10-19-20(28-16)24(2,3)14-33(19)15-27-23(26-4)29-18-13-17(25)21(30-22(18)34-8)32(7)12-11-31(5)6/h9-10,13,15H,11-12,14,25H2,1-8H3,(H,26,29)/b27-15+. The number of methoxy groups -OCH3 is 1. The van der Waals surface area contributed by atoms with Crippen LogP contribution in [0, 0.1) is 6.92 Å². The molecule has 0 atom stereocenters. The van der Waals surface area contributed by atoms with Crippen LogP contribution in [-0.4, -0.2) is 82.1 Å². The lowest BCUT2D eigenvalue weighted by molar-refractivity contribution is 0.399. The van der Waals surface area contributed by atoms with Crippen molar-refractivity contribution in [2.75, 3.05) is 75.8 Å². The lowest BCUT2D eigenvalue weighted by Crippen LogP contribution is -2.29. The molecule has 0 bridgehead atoms. The van der Waals surface area contributed by atoms with Crippen molar-refractivity contribution in [1.82, 2.24) is 14.9 Å². The molecular formula is C24H37N9O. The highest BCUT2D eigenvalue weighted by atomic mass is 16.5. The molecule has 0 spiro atoms. The number of aromatic nitrogens is 2. The minimum atomic E-state index is -0.0691. The molecule has 10 nitrogen and oxygen atoms in total. The second-order valence-electron chi connectivity index (χ2n) is 9.43. The number of rotatable bonds is 7. The maximum absolute atomic E-state index is 6.33. The molecule has 10 heteroatoms. The van der Waals surface area contributed by atoms with Gasteiger partial charge >= 0.3 is 0 Å². The van der Waals surface area contributed by atoms with Crippen LogP contribution in [0.4, 0.5) is 22.9 Å². The van der Waals surface area contributed by atoms with Gasteiger partial charge in [-0.1, -0.05) is 13.8 Å². The van der Waals surface area contributed by atoms with Crippen LogP contribution >= 0.6 is 0 Å². The van der Waals surface area contributed by atoms with E-state index in [2.05, 4.69) is 50.0 Å². The Morgan fingerprint density at radius 1 is 1.26 bits per heavy atom. The number of ether oxygens (including phenoxy) is 1. The molecule has 0 radical (unpaired) electrons. The monoisotopic (exact) mass is 467 g/mol. The van der Waals surface area contributed by atoms with Crippen LogP contribution in [0.5, 0.6) is 5.88 Å². The van der Waals surface area contributed by atoms with Gasteiger partial charge in [0.2, 0.25) is 11.8 Å². The number of aliphatic imine (C=N–C) groups is 2. The van der Waals surface area contributed by atoms with Crippen molar-refractivity contribution in [1.29, 1.82) is 0 Å². The van der Waals surface area contributed by atoms with Gasteiger partial charge in [0.25, 0.3) is 0 Å². The van der Waals surface area contributed by atoms with E-state index < -0.39 is 0 Å². The molecule has 0 saturated heterocycles. The number of likely N-dealkylation sites (N-methyl/N-ethyl adjacent to an activating group) is 2. The van der Waals surface area contributed by atoms with E-state index in [1.54, 1.807) is 26.6 Å². The van der Waals surface area contributed by atoms with E-state index in [9.17, 15) is 0 Å². The van der Waals surface area contributed by atoms with Gasteiger partial charge in [0.15, 0.2) is 5.82 Å². The summed E-state index contributed by atoms with van der Waals surface area (Å²) in [6.45, 7) is 8.84. The molecule has 0 aliphatic carbocycles. The normalized spacial score (nSPS) is 15.2. The van der Waals surface area contributed by atoms with Gasteiger partial charge in [0, 0.05) is 44.8 Å². The first-order valence-corrected chi connectivity index (χ1v) is 11.3. The Bertz CT molecular complexity index is 1080. The van der Waals surface area contributed by atoms with Crippen LogP contribution < -0.4 is 25.6 Å². The molecule has 0 aromatic carbocycles. The molecule has 0 amide bonds. The fourth-order valence-electron chi connectivity index (χ4n) is 3.87. The third-order valence-electron chi connectivity index (χ3n) is 5.74. The fraction of sp³-hybridized carbons (Fsp3) is 0.500. The largest absolute Gasteiger partial charge is 0.479 e. The Kier molecular flexibility index (Phi) is 7.61. The summed E-state index contributed by atoms with van der Waals surface area (Å²) in [4.78, 5) is 24.5. The number of nitrogen functional groups attached to an aromatic ring is 1. The van der Waals surface area contributed by atoms with Crippen molar-refractivity contribution in [3.05, 3.63) is 29.6 Å². The Morgan fingerprint density at radius 2 is 2.00 bits per heavy atom. The van der Waals surface area contributed by atoms with Crippen LogP contribution in [0.2, 0.25) is 0 Å². The Labute approximate surface area is 202 Å². The van der Waals surface area contributed by atoms with Gasteiger partial charge in [-0.2, -0.15) is 4.98 Å². The maximum atomic E-state index is 6.33. The van der Waals surface area contributed by atoms with Crippen LogP contribution in [-0.2, 0) is 5.41 Å². The average molecular weight is 468 g/mol. The minimum absolute atomic E-state index is 0.0691. The van der Waals surface area contributed by atoms with Crippen LogP contribution in [0.25, 0.3) is 0 Å². The molecule has 0 fully saturated rings. The molecule has 34 heavy (non-hydrogen) atoms. The van der Waals surface area contributed by atoms with E-state index in [0.717, 1.165) is 36.7 Å². The highest BCUT2D eigenvalue weighted by molar-refractivity contribution is 6.02. The van der Waals surface area contributed by atoms with E-state index in [0.29, 0.717) is 29.0 Å². The molecule has 0 saturated carbocycles. The van der Waals surface area contributed by atoms with E-state index in [-0.39, 0.29) is 5.41 Å². The summed E-state index contributed by atoms with van der Waals surface area (Å²) in [6.07, 6.45) is 1.78. The molecule has 2 aromatic heterocycles. The van der Waals surface area contributed by atoms with Crippen LogP contribution in [0.15, 0.2) is 28.2 Å². The van der Waals surface area contributed by atoms with Crippen molar-refractivity contribution in [3.63, 3.8) is 0 Å². The second-order valence-corrected chi connectivity index (χ2v) is 9.43. The van der Waals surface area contributed by atoms with Crippen LogP contribution in [0.3, 0.4) is 0 Å². The number of nitrogens with two attached hydrogens (primary N) is 1. The number of hydrogen-bond acceptors (Lipinski definition) is 7. The van der Waals surface area contributed by atoms with Crippen molar-refractivity contribution in [3.8, 4) is 5.88 Å². The Hall–Kier alpha value is -3.40. The number of nitrogens with zero attached hydrogens (tertiary/aromatic N) is 7. The predicted molar refractivity (Wildman–Crippen MR) is 142 cm³/mol. The Morgan fingerprint density at radius 3 is 2.65 bits per heavy atom. The zero-order chi connectivity index (χ0) is 25.0. The highest BCUT2D eigenvalue weighted by Crippen LogP contribution is 2.38. The van der Waals surface area contributed by atoms with Gasteiger partial charge in [-0.05, 0) is 39.2 Å². The fourth-order valence-corrected chi connectivity index (χ4v) is 3.87. The second kappa shape index (κ2) is 10.3. The molecular weight excluding hydrogens is 430 g/mol. The first kappa shape index (κ1) is 25.2. The SMILES string of the molecule is C/N=C(\N=C\N1CC(C)(C)c2nc(C)ccc21)Nc1cc(N)c(N(C)CCN(C)C)nc1OC. The molecule has 184 valence electrons. The van der Waals surface area contributed by atoms with Gasteiger partial charge in [-0.3, -0.25) is 9.98 Å². The molecule has 2 aromatic rings. The number of nitrogens with one attached hydrogen (secondary N) is 1. The summed E-state index contributed by atoms with van der Waals surface area (Å²) in [5.74, 6) is 1.51. The number of anilines is 4.